The minimum Gasteiger partial charge on any atom is -0.393 e. The summed E-state index contributed by atoms with van der Waals surface area (Å²) in [6.07, 6.45) is 6.76. The second-order valence-electron chi connectivity index (χ2n) is 7.68. The quantitative estimate of drug-likeness (QED) is 0.508. The third kappa shape index (κ3) is 2.36. The van der Waals surface area contributed by atoms with Crippen LogP contribution in [0.4, 0.5) is 17.1 Å². The molecule has 0 unspecified atom stereocenters. The summed E-state index contributed by atoms with van der Waals surface area (Å²) in [5, 5.41) is 13.9. The van der Waals surface area contributed by atoms with Crippen LogP contribution in [0.5, 0.6) is 0 Å². The molecule has 0 heterocycles. The fourth-order valence-corrected chi connectivity index (χ4v) is 5.43. The van der Waals surface area contributed by atoms with E-state index in [-0.39, 0.29) is 22.7 Å². The van der Waals surface area contributed by atoms with Gasteiger partial charge in [0.05, 0.1) is 10.3 Å². The molecule has 4 aliphatic rings. The van der Waals surface area contributed by atoms with E-state index in [2.05, 4.69) is 5.32 Å². The molecule has 4 fully saturated rings. The predicted molar refractivity (Wildman–Crippen MR) is 86.7 cm³/mol. The average molecular weight is 315 g/mol. The number of nitrogens with one attached hydrogen (secondary N) is 1. The number of nitro benzene ring substituents is 1. The van der Waals surface area contributed by atoms with Crippen LogP contribution in [-0.2, 0) is 4.79 Å². The van der Waals surface area contributed by atoms with Crippen LogP contribution in [0.25, 0.3) is 0 Å². The van der Waals surface area contributed by atoms with Crippen molar-refractivity contribution in [2.75, 3.05) is 11.1 Å². The van der Waals surface area contributed by atoms with Crippen LogP contribution in [0.15, 0.2) is 18.2 Å². The second kappa shape index (κ2) is 4.94. The van der Waals surface area contributed by atoms with Crippen molar-refractivity contribution in [1.29, 1.82) is 0 Å². The Hall–Kier alpha value is -2.11. The summed E-state index contributed by atoms with van der Waals surface area (Å²) in [6.45, 7) is 0. The first-order chi connectivity index (χ1) is 10.9. The highest BCUT2D eigenvalue weighted by Crippen LogP contribution is 2.60. The number of nitrogen functional groups attached to an aromatic ring is 1. The standard InChI is InChI=1S/C17H21N3O3/c18-14-2-1-13(6-15(14)20(22)23)19-16(21)17-7-10-3-11(8-17)5-12(4-10)9-17/h1-2,6,10-12H,3-5,7-9,18H2,(H,19,21). The van der Waals surface area contributed by atoms with Crippen molar-refractivity contribution in [3.05, 3.63) is 28.3 Å². The lowest BCUT2D eigenvalue weighted by Crippen LogP contribution is -2.51. The van der Waals surface area contributed by atoms with Gasteiger partial charge in [-0.05, 0) is 68.4 Å². The lowest BCUT2D eigenvalue weighted by atomic mass is 9.49. The van der Waals surface area contributed by atoms with E-state index in [0.717, 1.165) is 19.3 Å². The summed E-state index contributed by atoms with van der Waals surface area (Å²) in [4.78, 5) is 23.4. The van der Waals surface area contributed by atoms with E-state index in [1.54, 1.807) is 6.07 Å². The fourth-order valence-electron chi connectivity index (χ4n) is 5.43. The Balaban J connectivity index is 1.56. The zero-order chi connectivity index (χ0) is 16.2. The zero-order valence-electron chi connectivity index (χ0n) is 13.0. The highest BCUT2D eigenvalue weighted by Gasteiger charge is 2.54. The van der Waals surface area contributed by atoms with Gasteiger partial charge in [-0.2, -0.15) is 0 Å². The van der Waals surface area contributed by atoms with Gasteiger partial charge in [-0.25, -0.2) is 0 Å². The van der Waals surface area contributed by atoms with Crippen molar-refractivity contribution in [1.82, 2.24) is 0 Å². The van der Waals surface area contributed by atoms with E-state index in [1.807, 2.05) is 0 Å². The number of carbonyl (C=O) groups excluding carboxylic acids is 1. The molecule has 0 spiro atoms. The SMILES string of the molecule is Nc1ccc(NC(=O)C23CC4CC(CC(C4)C2)C3)cc1[N+](=O)[O-]. The van der Waals surface area contributed by atoms with Gasteiger partial charge in [0, 0.05) is 11.8 Å². The number of carbonyl (C=O) groups is 1. The van der Waals surface area contributed by atoms with Crippen molar-refractivity contribution in [3.63, 3.8) is 0 Å². The minimum atomic E-state index is -0.518. The van der Waals surface area contributed by atoms with Crippen LogP contribution in [0.3, 0.4) is 0 Å². The van der Waals surface area contributed by atoms with Gasteiger partial charge < -0.3 is 11.1 Å². The zero-order valence-corrected chi connectivity index (χ0v) is 13.0. The fraction of sp³-hybridized carbons (Fsp3) is 0.588. The highest BCUT2D eigenvalue weighted by molar-refractivity contribution is 5.96. The van der Waals surface area contributed by atoms with Gasteiger partial charge in [-0.15, -0.1) is 0 Å². The topological polar surface area (TPSA) is 98.3 Å². The van der Waals surface area contributed by atoms with Crippen molar-refractivity contribution >= 4 is 23.0 Å². The first-order valence-electron chi connectivity index (χ1n) is 8.30. The Bertz CT molecular complexity index is 650. The van der Waals surface area contributed by atoms with Crippen molar-refractivity contribution in [3.8, 4) is 0 Å². The molecule has 3 N–H and O–H groups in total. The lowest BCUT2D eigenvalue weighted by Gasteiger charge is -2.55. The Labute approximate surface area is 134 Å². The van der Waals surface area contributed by atoms with Gasteiger partial charge in [-0.3, -0.25) is 14.9 Å². The van der Waals surface area contributed by atoms with Crippen molar-refractivity contribution < 1.29 is 9.72 Å². The summed E-state index contributed by atoms with van der Waals surface area (Å²) < 4.78 is 0. The maximum absolute atomic E-state index is 12.9. The smallest absolute Gasteiger partial charge is 0.294 e. The summed E-state index contributed by atoms with van der Waals surface area (Å²) in [6, 6.07) is 4.47. The number of nitro groups is 1. The molecular formula is C17H21N3O3. The molecule has 1 aromatic carbocycles. The molecule has 0 aliphatic heterocycles. The third-order valence-corrected chi connectivity index (χ3v) is 6.00. The minimum absolute atomic E-state index is 0.0377. The van der Waals surface area contributed by atoms with E-state index < -0.39 is 4.92 Å². The number of hydrogen-bond acceptors (Lipinski definition) is 4. The molecule has 5 rings (SSSR count). The van der Waals surface area contributed by atoms with Crippen molar-refractivity contribution in [2.24, 2.45) is 23.2 Å². The lowest BCUT2D eigenvalue weighted by molar-refractivity contribution is -0.383. The van der Waals surface area contributed by atoms with E-state index >= 15 is 0 Å². The first kappa shape index (κ1) is 14.5. The largest absolute Gasteiger partial charge is 0.393 e. The molecule has 23 heavy (non-hydrogen) atoms. The molecule has 122 valence electrons. The molecule has 4 bridgehead atoms. The number of anilines is 2. The van der Waals surface area contributed by atoms with Crippen LogP contribution < -0.4 is 11.1 Å². The molecule has 4 aliphatic carbocycles. The predicted octanol–water partition coefficient (Wildman–Crippen LogP) is 3.33. The van der Waals surface area contributed by atoms with Gasteiger partial charge in [-0.1, -0.05) is 0 Å². The number of hydrogen-bond donors (Lipinski definition) is 2. The molecule has 1 aromatic rings. The molecule has 0 saturated heterocycles. The van der Waals surface area contributed by atoms with E-state index in [4.69, 9.17) is 5.73 Å². The van der Waals surface area contributed by atoms with Gasteiger partial charge in [0.2, 0.25) is 5.91 Å². The first-order valence-corrected chi connectivity index (χ1v) is 8.30. The van der Waals surface area contributed by atoms with E-state index in [0.29, 0.717) is 23.4 Å². The van der Waals surface area contributed by atoms with Gasteiger partial charge >= 0.3 is 0 Å². The third-order valence-electron chi connectivity index (χ3n) is 6.00. The van der Waals surface area contributed by atoms with Gasteiger partial charge in [0.25, 0.3) is 5.69 Å². The Morgan fingerprint density at radius 3 is 2.26 bits per heavy atom. The van der Waals surface area contributed by atoms with Gasteiger partial charge in [0.1, 0.15) is 5.69 Å². The maximum Gasteiger partial charge on any atom is 0.294 e. The molecule has 0 aromatic heterocycles. The van der Waals surface area contributed by atoms with Crippen LogP contribution in [-0.4, -0.2) is 10.8 Å². The summed E-state index contributed by atoms with van der Waals surface area (Å²) in [5.41, 5.74) is 5.77. The van der Waals surface area contributed by atoms with Crippen LogP contribution in [0, 0.1) is 33.3 Å². The van der Waals surface area contributed by atoms with Crippen molar-refractivity contribution in [2.45, 2.75) is 38.5 Å². The Kier molecular flexibility index (Phi) is 3.11. The van der Waals surface area contributed by atoms with E-state index in [1.165, 1.54) is 31.4 Å². The molecule has 4 saturated carbocycles. The van der Waals surface area contributed by atoms with Crippen LogP contribution in [0.1, 0.15) is 38.5 Å². The Morgan fingerprint density at radius 1 is 1.17 bits per heavy atom. The number of rotatable bonds is 3. The number of amides is 1. The molecule has 6 heteroatoms. The highest BCUT2D eigenvalue weighted by atomic mass is 16.6. The van der Waals surface area contributed by atoms with Gasteiger partial charge in [0.15, 0.2) is 0 Å². The van der Waals surface area contributed by atoms with E-state index in [9.17, 15) is 14.9 Å². The molecule has 0 atom stereocenters. The number of nitrogens with zero attached hydrogens (tertiary/aromatic N) is 1. The molecule has 1 amide bonds. The maximum atomic E-state index is 12.9. The summed E-state index contributed by atoms with van der Waals surface area (Å²) >= 11 is 0. The Morgan fingerprint density at radius 2 is 1.74 bits per heavy atom. The molecule has 0 radical (unpaired) electrons. The monoisotopic (exact) mass is 315 g/mol. The summed E-state index contributed by atoms with van der Waals surface area (Å²) in [7, 11) is 0. The average Bonchev–Trinajstić information content (AvgIpc) is 2.47. The summed E-state index contributed by atoms with van der Waals surface area (Å²) in [5.74, 6) is 2.10. The number of nitrogens with two attached hydrogens (primary N) is 1. The molecular weight excluding hydrogens is 294 g/mol. The van der Waals surface area contributed by atoms with Crippen LogP contribution >= 0.6 is 0 Å². The molecule has 6 nitrogen and oxygen atoms in total. The second-order valence-corrected chi connectivity index (χ2v) is 7.68. The normalized spacial score (nSPS) is 34.3. The van der Waals surface area contributed by atoms with Crippen LogP contribution in [0.2, 0.25) is 0 Å². The number of benzene rings is 1.